The molecule has 0 bridgehead atoms. The average Bonchev–Trinajstić information content (AvgIpc) is 2.79. The summed E-state index contributed by atoms with van der Waals surface area (Å²) in [6, 6.07) is 26.1. The Morgan fingerprint density at radius 1 is 0.794 bits per heavy atom. The standard InChI is InChI=1S/C31H31FN.HI/c1-22-8-6-7-9-28(22)29-21-33(5)30(24-14-16-26(17-15-24)31(2,3)4)20-25(29)13-10-23-11-18-27(32)19-12-23;/h6-21H,1-5H3;1H/q+1;/p-1/b13-10+;. The maximum absolute atomic E-state index is 13.3. The SMILES string of the molecule is Cc1ccccc1-c1c[n+](C)c(-c2ccc(C(C)(C)C)cc2)cc1/C=C/c1ccc(F)cc1.[I-]. The first-order valence-corrected chi connectivity index (χ1v) is 11.4. The molecule has 0 unspecified atom stereocenters. The van der Waals surface area contributed by atoms with E-state index in [1.54, 1.807) is 12.1 Å². The summed E-state index contributed by atoms with van der Waals surface area (Å²) in [4.78, 5) is 0. The van der Waals surface area contributed by atoms with Crippen LogP contribution in [-0.2, 0) is 12.5 Å². The molecule has 174 valence electrons. The normalized spacial score (nSPS) is 11.5. The van der Waals surface area contributed by atoms with Crippen molar-refractivity contribution in [2.24, 2.45) is 7.05 Å². The van der Waals surface area contributed by atoms with Crippen molar-refractivity contribution < 1.29 is 32.9 Å². The van der Waals surface area contributed by atoms with Crippen molar-refractivity contribution in [1.82, 2.24) is 0 Å². The number of aryl methyl sites for hydroxylation is 2. The van der Waals surface area contributed by atoms with Crippen LogP contribution in [0.5, 0.6) is 0 Å². The molecule has 0 atom stereocenters. The third-order valence-electron chi connectivity index (χ3n) is 6.11. The zero-order valence-corrected chi connectivity index (χ0v) is 22.6. The summed E-state index contributed by atoms with van der Waals surface area (Å²) in [5.41, 5.74) is 9.48. The number of aromatic nitrogens is 1. The average molecular weight is 563 g/mol. The Morgan fingerprint density at radius 2 is 1.44 bits per heavy atom. The second-order valence-electron chi connectivity index (χ2n) is 9.67. The second kappa shape index (κ2) is 10.6. The number of benzene rings is 3. The minimum absolute atomic E-state index is 0. The lowest BCUT2D eigenvalue weighted by atomic mass is 9.86. The lowest BCUT2D eigenvalue weighted by Gasteiger charge is -2.19. The summed E-state index contributed by atoms with van der Waals surface area (Å²) in [5.74, 6) is -0.222. The van der Waals surface area contributed by atoms with E-state index in [0.717, 1.165) is 16.8 Å². The van der Waals surface area contributed by atoms with Crippen LogP contribution in [0.3, 0.4) is 0 Å². The molecule has 1 aromatic heterocycles. The van der Waals surface area contributed by atoms with Crippen LogP contribution >= 0.6 is 0 Å². The van der Waals surface area contributed by atoms with E-state index in [1.165, 1.54) is 39.9 Å². The molecule has 1 heterocycles. The molecule has 0 aliphatic carbocycles. The van der Waals surface area contributed by atoms with Gasteiger partial charge in [-0.25, -0.2) is 8.96 Å². The minimum Gasteiger partial charge on any atom is -1.00 e. The van der Waals surface area contributed by atoms with Gasteiger partial charge in [0, 0.05) is 11.6 Å². The number of nitrogens with zero attached hydrogens (tertiary/aromatic N) is 1. The van der Waals surface area contributed by atoms with Crippen molar-refractivity contribution in [3.8, 4) is 22.4 Å². The molecule has 1 nitrogen and oxygen atoms in total. The van der Waals surface area contributed by atoms with Crippen molar-refractivity contribution >= 4 is 12.2 Å². The highest BCUT2D eigenvalue weighted by Gasteiger charge is 2.18. The minimum atomic E-state index is -0.222. The molecular formula is C31H31FIN. The van der Waals surface area contributed by atoms with E-state index in [2.05, 4.69) is 106 Å². The van der Waals surface area contributed by atoms with E-state index in [-0.39, 0.29) is 35.2 Å². The maximum atomic E-state index is 13.3. The topological polar surface area (TPSA) is 3.88 Å². The van der Waals surface area contributed by atoms with Crippen LogP contribution in [-0.4, -0.2) is 0 Å². The molecule has 0 aliphatic rings. The molecule has 0 saturated carbocycles. The van der Waals surface area contributed by atoms with E-state index in [9.17, 15) is 4.39 Å². The molecule has 0 radical (unpaired) electrons. The van der Waals surface area contributed by atoms with Gasteiger partial charge in [-0.3, -0.25) is 0 Å². The molecule has 3 aromatic carbocycles. The number of hydrogen-bond acceptors (Lipinski definition) is 0. The molecule has 3 heteroatoms. The molecule has 0 aliphatic heterocycles. The highest BCUT2D eigenvalue weighted by molar-refractivity contribution is 5.82. The molecule has 4 aromatic rings. The van der Waals surface area contributed by atoms with Gasteiger partial charge in [-0.15, -0.1) is 0 Å². The van der Waals surface area contributed by atoms with E-state index in [1.807, 2.05) is 6.08 Å². The fraction of sp³-hybridized carbons (Fsp3) is 0.194. The molecule has 0 amide bonds. The van der Waals surface area contributed by atoms with Gasteiger partial charge in [-0.05, 0) is 64.4 Å². The Morgan fingerprint density at radius 3 is 2.06 bits per heavy atom. The Hall–Kier alpha value is -2.79. The number of hydrogen-bond donors (Lipinski definition) is 0. The fourth-order valence-corrected chi connectivity index (χ4v) is 4.09. The number of halogens is 2. The molecule has 0 fully saturated rings. The van der Waals surface area contributed by atoms with Crippen molar-refractivity contribution in [3.05, 3.63) is 113 Å². The predicted octanol–water partition coefficient (Wildman–Crippen LogP) is 4.76. The smallest absolute Gasteiger partial charge is 0.212 e. The third kappa shape index (κ3) is 5.82. The monoisotopic (exact) mass is 563 g/mol. The van der Waals surface area contributed by atoms with Gasteiger partial charge in [0.05, 0.1) is 5.56 Å². The van der Waals surface area contributed by atoms with Crippen LogP contribution in [0.15, 0.2) is 85.1 Å². The summed E-state index contributed by atoms with van der Waals surface area (Å²) in [6.07, 6.45) is 6.38. The molecule has 0 spiro atoms. The molecular weight excluding hydrogens is 532 g/mol. The summed E-state index contributed by atoms with van der Waals surface area (Å²) in [7, 11) is 2.10. The van der Waals surface area contributed by atoms with Crippen LogP contribution in [0.1, 0.15) is 43.0 Å². The summed E-state index contributed by atoms with van der Waals surface area (Å²) >= 11 is 0. The first-order chi connectivity index (χ1) is 15.7. The predicted molar refractivity (Wildman–Crippen MR) is 137 cm³/mol. The number of rotatable bonds is 4. The first kappa shape index (κ1) is 25.8. The van der Waals surface area contributed by atoms with E-state index in [0.29, 0.717) is 0 Å². The van der Waals surface area contributed by atoms with Gasteiger partial charge in [0.25, 0.3) is 0 Å². The highest BCUT2D eigenvalue weighted by atomic mass is 127. The van der Waals surface area contributed by atoms with Gasteiger partial charge in [-0.2, -0.15) is 0 Å². The quantitative estimate of drug-likeness (QED) is 0.249. The van der Waals surface area contributed by atoms with Crippen LogP contribution in [0.4, 0.5) is 4.39 Å². The first-order valence-electron chi connectivity index (χ1n) is 11.4. The Kier molecular flexibility index (Phi) is 8.09. The van der Waals surface area contributed by atoms with Crippen LogP contribution in [0.2, 0.25) is 0 Å². The van der Waals surface area contributed by atoms with Gasteiger partial charge in [-0.1, -0.05) is 81.5 Å². The van der Waals surface area contributed by atoms with Crippen LogP contribution < -0.4 is 28.5 Å². The molecule has 34 heavy (non-hydrogen) atoms. The van der Waals surface area contributed by atoms with Crippen molar-refractivity contribution in [3.63, 3.8) is 0 Å². The van der Waals surface area contributed by atoms with Gasteiger partial charge < -0.3 is 24.0 Å². The van der Waals surface area contributed by atoms with E-state index < -0.39 is 0 Å². The van der Waals surface area contributed by atoms with Crippen LogP contribution in [0, 0.1) is 12.7 Å². The van der Waals surface area contributed by atoms with Crippen molar-refractivity contribution in [2.45, 2.75) is 33.1 Å². The number of pyridine rings is 1. The highest BCUT2D eigenvalue weighted by Crippen LogP contribution is 2.31. The lowest BCUT2D eigenvalue weighted by Crippen LogP contribution is -3.00. The molecule has 0 saturated heterocycles. The Labute approximate surface area is 220 Å². The van der Waals surface area contributed by atoms with Crippen LogP contribution in [0.25, 0.3) is 34.5 Å². The summed E-state index contributed by atoms with van der Waals surface area (Å²) < 4.78 is 15.5. The van der Waals surface area contributed by atoms with Crippen molar-refractivity contribution in [1.29, 1.82) is 0 Å². The van der Waals surface area contributed by atoms with Crippen molar-refractivity contribution in [2.75, 3.05) is 0 Å². The largest absolute Gasteiger partial charge is 1.00 e. The zero-order chi connectivity index (χ0) is 23.6. The van der Waals surface area contributed by atoms with Gasteiger partial charge in [0.1, 0.15) is 12.9 Å². The molecule has 0 N–H and O–H groups in total. The Bertz CT molecular complexity index is 1300. The van der Waals surface area contributed by atoms with E-state index >= 15 is 0 Å². The maximum Gasteiger partial charge on any atom is 0.212 e. The fourth-order valence-electron chi connectivity index (χ4n) is 4.09. The third-order valence-corrected chi connectivity index (χ3v) is 6.11. The van der Waals surface area contributed by atoms with Gasteiger partial charge in [0.2, 0.25) is 5.69 Å². The van der Waals surface area contributed by atoms with E-state index in [4.69, 9.17) is 0 Å². The van der Waals surface area contributed by atoms with Gasteiger partial charge >= 0.3 is 0 Å². The lowest BCUT2D eigenvalue weighted by molar-refractivity contribution is -0.659. The Balaban J connectivity index is 0.00000324. The summed E-state index contributed by atoms with van der Waals surface area (Å²) in [6.45, 7) is 8.84. The molecule has 4 rings (SSSR count). The van der Waals surface area contributed by atoms with Gasteiger partial charge in [0.15, 0.2) is 6.20 Å². The second-order valence-corrected chi connectivity index (χ2v) is 9.67. The summed E-state index contributed by atoms with van der Waals surface area (Å²) in [5, 5.41) is 0. The zero-order valence-electron chi connectivity index (χ0n) is 20.4.